The molecular formula is C16H17N3O4. The van der Waals surface area contributed by atoms with Crippen molar-refractivity contribution in [3.63, 3.8) is 0 Å². The molecule has 1 saturated carbocycles. The van der Waals surface area contributed by atoms with Crippen molar-refractivity contribution in [2.75, 3.05) is 5.32 Å². The van der Waals surface area contributed by atoms with Gasteiger partial charge in [0.2, 0.25) is 11.8 Å². The SMILES string of the molecule is CCc1nnc(COC(=O)c2ccc(NC(=O)C3CC3)cc2)o1. The molecule has 7 heteroatoms. The van der Waals surface area contributed by atoms with Crippen molar-refractivity contribution < 1.29 is 18.7 Å². The quantitative estimate of drug-likeness (QED) is 0.822. The van der Waals surface area contributed by atoms with Gasteiger partial charge in [-0.2, -0.15) is 0 Å². The molecule has 120 valence electrons. The molecule has 0 atom stereocenters. The van der Waals surface area contributed by atoms with Crippen LogP contribution in [0, 0.1) is 5.92 Å². The first kappa shape index (κ1) is 15.2. The van der Waals surface area contributed by atoms with E-state index < -0.39 is 5.97 Å². The molecule has 0 radical (unpaired) electrons. The molecule has 1 aliphatic carbocycles. The Hall–Kier alpha value is -2.70. The Kier molecular flexibility index (Phi) is 4.36. The number of rotatable bonds is 6. The lowest BCUT2D eigenvalue weighted by Crippen LogP contribution is -2.13. The molecule has 1 heterocycles. The number of carbonyl (C=O) groups excluding carboxylic acids is 2. The van der Waals surface area contributed by atoms with E-state index in [-0.39, 0.29) is 24.3 Å². The molecule has 1 N–H and O–H groups in total. The van der Waals surface area contributed by atoms with E-state index in [1.54, 1.807) is 24.3 Å². The molecule has 1 aromatic carbocycles. The molecule has 2 aromatic rings. The monoisotopic (exact) mass is 315 g/mol. The third-order valence-corrected chi connectivity index (χ3v) is 3.47. The van der Waals surface area contributed by atoms with Crippen molar-refractivity contribution in [2.45, 2.75) is 32.8 Å². The molecule has 1 aromatic heterocycles. The lowest BCUT2D eigenvalue weighted by molar-refractivity contribution is -0.117. The Balaban J connectivity index is 1.53. The summed E-state index contributed by atoms with van der Waals surface area (Å²) in [5, 5.41) is 10.4. The van der Waals surface area contributed by atoms with Crippen LogP contribution in [0.25, 0.3) is 0 Å². The van der Waals surface area contributed by atoms with Gasteiger partial charge in [-0.15, -0.1) is 10.2 Å². The summed E-state index contributed by atoms with van der Waals surface area (Å²) < 4.78 is 10.4. The number of benzene rings is 1. The second-order valence-corrected chi connectivity index (χ2v) is 5.36. The van der Waals surface area contributed by atoms with E-state index >= 15 is 0 Å². The first-order valence-electron chi connectivity index (χ1n) is 7.55. The van der Waals surface area contributed by atoms with Crippen LogP contribution in [0.2, 0.25) is 0 Å². The predicted molar refractivity (Wildman–Crippen MR) is 80.6 cm³/mol. The van der Waals surface area contributed by atoms with Gasteiger partial charge in [-0.05, 0) is 37.1 Å². The van der Waals surface area contributed by atoms with Crippen LogP contribution in [-0.2, 0) is 22.6 Å². The summed E-state index contributed by atoms with van der Waals surface area (Å²) in [5.41, 5.74) is 1.06. The standard InChI is InChI=1S/C16H17N3O4/c1-2-13-18-19-14(23-13)9-22-16(21)11-5-7-12(8-6-11)17-15(20)10-3-4-10/h5-8,10H,2-4,9H2,1H3,(H,17,20). The normalized spacial score (nSPS) is 13.6. The highest BCUT2D eigenvalue weighted by molar-refractivity contribution is 5.95. The van der Waals surface area contributed by atoms with Crippen LogP contribution in [0.1, 0.15) is 41.9 Å². The third kappa shape index (κ3) is 3.94. The number of nitrogens with one attached hydrogen (secondary N) is 1. The zero-order valence-electron chi connectivity index (χ0n) is 12.7. The van der Waals surface area contributed by atoms with Crippen LogP contribution < -0.4 is 5.32 Å². The van der Waals surface area contributed by atoms with Crippen LogP contribution in [0.5, 0.6) is 0 Å². The highest BCUT2D eigenvalue weighted by Crippen LogP contribution is 2.30. The number of aromatic nitrogens is 2. The van der Waals surface area contributed by atoms with Gasteiger partial charge in [0.1, 0.15) is 0 Å². The lowest BCUT2D eigenvalue weighted by atomic mass is 10.2. The molecule has 0 unspecified atom stereocenters. The molecule has 0 aliphatic heterocycles. The van der Waals surface area contributed by atoms with Gasteiger partial charge in [-0.1, -0.05) is 6.92 Å². The molecule has 1 amide bonds. The van der Waals surface area contributed by atoms with E-state index in [1.165, 1.54) is 0 Å². The van der Waals surface area contributed by atoms with Crippen molar-refractivity contribution in [1.82, 2.24) is 10.2 Å². The van der Waals surface area contributed by atoms with Gasteiger partial charge in [0.05, 0.1) is 5.56 Å². The van der Waals surface area contributed by atoms with Crippen LogP contribution in [0.15, 0.2) is 28.7 Å². The maximum atomic E-state index is 11.9. The van der Waals surface area contributed by atoms with Crippen LogP contribution in [0.3, 0.4) is 0 Å². The van der Waals surface area contributed by atoms with Crippen molar-refractivity contribution in [2.24, 2.45) is 5.92 Å². The number of amides is 1. The van der Waals surface area contributed by atoms with Gasteiger partial charge in [0.25, 0.3) is 5.89 Å². The van der Waals surface area contributed by atoms with Gasteiger partial charge in [0, 0.05) is 18.0 Å². The maximum absolute atomic E-state index is 11.9. The second kappa shape index (κ2) is 6.60. The third-order valence-electron chi connectivity index (χ3n) is 3.47. The average molecular weight is 315 g/mol. The highest BCUT2D eigenvalue weighted by atomic mass is 16.5. The number of aryl methyl sites for hydroxylation is 1. The topological polar surface area (TPSA) is 94.3 Å². The largest absolute Gasteiger partial charge is 0.452 e. The van der Waals surface area contributed by atoms with E-state index in [0.29, 0.717) is 23.6 Å². The highest BCUT2D eigenvalue weighted by Gasteiger charge is 2.29. The molecular weight excluding hydrogens is 298 g/mol. The Labute approximate surface area is 133 Å². The molecule has 23 heavy (non-hydrogen) atoms. The summed E-state index contributed by atoms with van der Waals surface area (Å²) in [5.74, 6) is 0.460. The number of ether oxygens (including phenoxy) is 1. The molecule has 0 spiro atoms. The summed E-state index contributed by atoms with van der Waals surface area (Å²) in [6.45, 7) is 1.83. The summed E-state index contributed by atoms with van der Waals surface area (Å²) in [6, 6.07) is 6.57. The molecule has 0 saturated heterocycles. The number of hydrogen-bond acceptors (Lipinski definition) is 6. The Morgan fingerprint density at radius 2 is 1.91 bits per heavy atom. The van der Waals surface area contributed by atoms with Gasteiger partial charge in [-0.25, -0.2) is 4.79 Å². The zero-order chi connectivity index (χ0) is 16.2. The van der Waals surface area contributed by atoms with Crippen molar-refractivity contribution in [3.05, 3.63) is 41.6 Å². The van der Waals surface area contributed by atoms with E-state index in [2.05, 4.69) is 15.5 Å². The molecule has 1 aliphatic rings. The molecule has 3 rings (SSSR count). The molecule has 1 fully saturated rings. The smallest absolute Gasteiger partial charge is 0.338 e. The van der Waals surface area contributed by atoms with Gasteiger partial charge in [-0.3, -0.25) is 4.79 Å². The van der Waals surface area contributed by atoms with Crippen molar-refractivity contribution in [3.8, 4) is 0 Å². The maximum Gasteiger partial charge on any atom is 0.338 e. The van der Waals surface area contributed by atoms with Gasteiger partial charge in [0.15, 0.2) is 6.61 Å². The second-order valence-electron chi connectivity index (χ2n) is 5.36. The fourth-order valence-electron chi connectivity index (χ4n) is 1.98. The first-order valence-corrected chi connectivity index (χ1v) is 7.55. The van der Waals surface area contributed by atoms with Crippen LogP contribution >= 0.6 is 0 Å². The van der Waals surface area contributed by atoms with Crippen molar-refractivity contribution >= 4 is 17.6 Å². The average Bonchev–Trinajstić information content (AvgIpc) is 3.32. The number of nitrogens with zero attached hydrogens (tertiary/aromatic N) is 2. The van der Waals surface area contributed by atoms with Gasteiger partial charge >= 0.3 is 5.97 Å². The van der Waals surface area contributed by atoms with E-state index in [0.717, 1.165) is 12.8 Å². The zero-order valence-corrected chi connectivity index (χ0v) is 12.7. The first-order chi connectivity index (χ1) is 11.2. The van der Waals surface area contributed by atoms with E-state index in [9.17, 15) is 9.59 Å². The Bertz CT molecular complexity index is 704. The van der Waals surface area contributed by atoms with Gasteiger partial charge < -0.3 is 14.5 Å². The fraction of sp³-hybridized carbons (Fsp3) is 0.375. The summed E-state index contributed by atoms with van der Waals surface area (Å²) >= 11 is 0. The van der Waals surface area contributed by atoms with Crippen LogP contribution in [0.4, 0.5) is 5.69 Å². The summed E-state index contributed by atoms with van der Waals surface area (Å²) in [7, 11) is 0. The minimum Gasteiger partial charge on any atom is -0.452 e. The minimum atomic E-state index is -0.485. The number of carbonyl (C=O) groups is 2. The number of esters is 1. The van der Waals surface area contributed by atoms with Crippen LogP contribution in [-0.4, -0.2) is 22.1 Å². The Morgan fingerprint density at radius 3 is 2.52 bits per heavy atom. The lowest BCUT2D eigenvalue weighted by Gasteiger charge is -2.06. The summed E-state index contributed by atoms with van der Waals surface area (Å²) in [6.07, 6.45) is 2.53. The minimum absolute atomic E-state index is 0.0310. The van der Waals surface area contributed by atoms with E-state index in [4.69, 9.17) is 9.15 Å². The predicted octanol–water partition coefficient (Wildman–Crippen LogP) is 2.34. The number of hydrogen-bond donors (Lipinski definition) is 1. The molecule has 7 nitrogen and oxygen atoms in total. The van der Waals surface area contributed by atoms with E-state index in [1.807, 2.05) is 6.92 Å². The summed E-state index contributed by atoms with van der Waals surface area (Å²) in [4.78, 5) is 23.6. The van der Waals surface area contributed by atoms with Crippen molar-refractivity contribution in [1.29, 1.82) is 0 Å². The Morgan fingerprint density at radius 1 is 1.22 bits per heavy atom. The number of anilines is 1. The fourth-order valence-corrected chi connectivity index (χ4v) is 1.98. The molecule has 0 bridgehead atoms.